The van der Waals surface area contributed by atoms with Gasteiger partial charge >= 0.3 is 0 Å². The van der Waals surface area contributed by atoms with Crippen molar-refractivity contribution < 1.29 is 4.74 Å². The molecule has 8 heteroatoms. The van der Waals surface area contributed by atoms with Crippen LogP contribution in [0.3, 0.4) is 0 Å². The number of anilines is 1. The number of hydrogen-bond acceptors (Lipinski definition) is 7. The Bertz CT molecular complexity index is 529. The number of aromatic nitrogens is 5. The Balaban J connectivity index is 2.17. The molecule has 0 atom stereocenters. The van der Waals surface area contributed by atoms with Gasteiger partial charge in [-0.1, -0.05) is 6.92 Å². The Labute approximate surface area is 109 Å². The van der Waals surface area contributed by atoms with Gasteiger partial charge in [-0.2, -0.15) is 4.98 Å². The number of hydrogen-bond donors (Lipinski definition) is 2. The number of rotatable bonds is 5. The van der Waals surface area contributed by atoms with Crippen molar-refractivity contribution in [1.29, 1.82) is 0 Å². The van der Waals surface area contributed by atoms with Gasteiger partial charge in [-0.3, -0.25) is 5.10 Å². The fourth-order valence-corrected chi connectivity index (χ4v) is 1.96. The van der Waals surface area contributed by atoms with Gasteiger partial charge in [-0.05, 0) is 25.1 Å². The van der Waals surface area contributed by atoms with Gasteiger partial charge in [-0.15, -0.1) is 5.10 Å². The largest absolute Gasteiger partial charge is 0.476 e. The number of nitrogens with zero attached hydrogens (tertiary/aromatic N) is 4. The number of aryl methyl sites for hydroxylation is 1. The fourth-order valence-electron chi connectivity index (χ4n) is 1.21. The van der Waals surface area contributed by atoms with Crippen LogP contribution in [-0.4, -0.2) is 31.8 Å². The molecule has 2 heterocycles. The first-order valence-electron chi connectivity index (χ1n) is 5.50. The van der Waals surface area contributed by atoms with E-state index in [4.69, 9.17) is 10.5 Å². The summed E-state index contributed by atoms with van der Waals surface area (Å²) in [4.78, 5) is 12.3. The molecule has 2 aromatic rings. The van der Waals surface area contributed by atoms with E-state index in [1.54, 1.807) is 0 Å². The number of aromatic amines is 1. The summed E-state index contributed by atoms with van der Waals surface area (Å²) in [5.41, 5.74) is 6.36. The maximum Gasteiger partial charge on any atom is 0.241 e. The second-order valence-corrected chi connectivity index (χ2v) is 4.51. The van der Waals surface area contributed by atoms with Crippen molar-refractivity contribution in [2.75, 3.05) is 12.3 Å². The molecule has 0 bridgehead atoms. The molecule has 0 amide bonds. The zero-order valence-corrected chi connectivity index (χ0v) is 11.0. The van der Waals surface area contributed by atoms with Crippen molar-refractivity contribution in [3.63, 3.8) is 0 Å². The average molecular weight is 266 g/mol. The molecular weight excluding hydrogens is 252 g/mol. The van der Waals surface area contributed by atoms with E-state index in [2.05, 4.69) is 25.1 Å². The molecule has 0 radical (unpaired) electrons. The molecule has 0 aliphatic rings. The summed E-state index contributed by atoms with van der Waals surface area (Å²) in [5.74, 6) is 1.15. The van der Waals surface area contributed by atoms with Crippen LogP contribution in [-0.2, 0) is 0 Å². The van der Waals surface area contributed by atoms with Gasteiger partial charge in [0.05, 0.1) is 6.61 Å². The summed E-state index contributed by atoms with van der Waals surface area (Å²) >= 11 is 1.27. The predicted octanol–water partition coefficient (Wildman–Crippen LogP) is 1.43. The minimum atomic E-state index is 0.404. The van der Waals surface area contributed by atoms with Crippen molar-refractivity contribution >= 4 is 17.4 Å². The normalized spacial score (nSPS) is 10.6. The zero-order valence-electron chi connectivity index (χ0n) is 10.2. The molecule has 2 aromatic heterocycles. The zero-order chi connectivity index (χ0) is 13.0. The molecular formula is C10H14N6OS. The number of nitrogens with two attached hydrogens (primary N) is 1. The minimum Gasteiger partial charge on any atom is -0.476 e. The summed E-state index contributed by atoms with van der Waals surface area (Å²) in [6.45, 7) is 4.42. The molecule has 0 saturated heterocycles. The van der Waals surface area contributed by atoms with Crippen LogP contribution in [0, 0.1) is 6.92 Å². The van der Waals surface area contributed by atoms with Crippen molar-refractivity contribution in [3.05, 3.63) is 12.2 Å². The maximum atomic E-state index is 5.94. The molecule has 2 rings (SSSR count). The van der Waals surface area contributed by atoms with Crippen LogP contribution in [0.15, 0.2) is 16.5 Å². The SMILES string of the molecule is CCCOc1ncnc(Sc2n[nH]c(C)n2)c1N. The first-order valence-corrected chi connectivity index (χ1v) is 6.32. The standard InChI is InChI=1S/C10H14N6OS/c1-3-4-17-8-7(11)9(13-5-12-8)18-10-14-6(2)15-16-10/h5H,3-4,11H2,1-2H3,(H,14,15,16). The average Bonchev–Trinajstić information content (AvgIpc) is 2.76. The lowest BCUT2D eigenvalue weighted by Gasteiger charge is -2.08. The van der Waals surface area contributed by atoms with Crippen LogP contribution in [0.1, 0.15) is 19.2 Å². The predicted molar refractivity (Wildman–Crippen MR) is 67.5 cm³/mol. The van der Waals surface area contributed by atoms with E-state index in [1.165, 1.54) is 18.1 Å². The smallest absolute Gasteiger partial charge is 0.241 e. The Morgan fingerprint density at radius 2 is 2.28 bits per heavy atom. The second kappa shape index (κ2) is 5.67. The van der Waals surface area contributed by atoms with E-state index in [0.717, 1.165) is 12.2 Å². The second-order valence-electron chi connectivity index (χ2n) is 3.55. The van der Waals surface area contributed by atoms with E-state index in [-0.39, 0.29) is 0 Å². The van der Waals surface area contributed by atoms with Crippen molar-refractivity contribution in [2.24, 2.45) is 0 Å². The Kier molecular flexibility index (Phi) is 3.98. The summed E-state index contributed by atoms with van der Waals surface area (Å²) < 4.78 is 5.43. The monoisotopic (exact) mass is 266 g/mol. The highest BCUT2D eigenvalue weighted by Crippen LogP contribution is 2.31. The van der Waals surface area contributed by atoms with Crippen LogP contribution < -0.4 is 10.5 Å². The van der Waals surface area contributed by atoms with Gasteiger partial charge < -0.3 is 10.5 Å². The molecule has 0 aliphatic carbocycles. The van der Waals surface area contributed by atoms with Gasteiger partial charge in [0.25, 0.3) is 0 Å². The fraction of sp³-hybridized carbons (Fsp3) is 0.400. The van der Waals surface area contributed by atoms with Crippen molar-refractivity contribution in [3.8, 4) is 5.88 Å². The lowest BCUT2D eigenvalue weighted by atomic mass is 10.5. The van der Waals surface area contributed by atoms with E-state index >= 15 is 0 Å². The number of nitrogens with one attached hydrogen (secondary N) is 1. The highest BCUT2D eigenvalue weighted by Gasteiger charge is 2.12. The van der Waals surface area contributed by atoms with Crippen LogP contribution in [0.25, 0.3) is 0 Å². The Morgan fingerprint density at radius 3 is 2.94 bits per heavy atom. The third-order valence-corrected chi connectivity index (χ3v) is 2.90. The summed E-state index contributed by atoms with van der Waals surface area (Å²) in [6, 6.07) is 0. The lowest BCUT2D eigenvalue weighted by molar-refractivity contribution is 0.305. The van der Waals surface area contributed by atoms with E-state index in [9.17, 15) is 0 Å². The quantitative estimate of drug-likeness (QED) is 0.789. The highest BCUT2D eigenvalue weighted by molar-refractivity contribution is 7.99. The first-order chi connectivity index (χ1) is 8.70. The van der Waals surface area contributed by atoms with Crippen LogP contribution >= 0.6 is 11.8 Å². The lowest BCUT2D eigenvalue weighted by Crippen LogP contribution is -2.03. The molecule has 0 aromatic carbocycles. The molecule has 96 valence electrons. The van der Waals surface area contributed by atoms with Gasteiger partial charge in [0, 0.05) is 0 Å². The molecule has 0 saturated carbocycles. The highest BCUT2D eigenvalue weighted by atomic mass is 32.2. The maximum absolute atomic E-state index is 5.94. The Morgan fingerprint density at radius 1 is 1.44 bits per heavy atom. The number of nitrogen functional groups attached to an aromatic ring is 1. The summed E-state index contributed by atoms with van der Waals surface area (Å²) in [5, 5.41) is 7.94. The third-order valence-electron chi connectivity index (χ3n) is 2.02. The van der Waals surface area contributed by atoms with E-state index < -0.39 is 0 Å². The molecule has 3 N–H and O–H groups in total. The molecule has 0 spiro atoms. The molecule has 0 aliphatic heterocycles. The minimum absolute atomic E-state index is 0.404. The summed E-state index contributed by atoms with van der Waals surface area (Å²) in [6.07, 6.45) is 2.31. The van der Waals surface area contributed by atoms with Crippen molar-refractivity contribution in [1.82, 2.24) is 25.1 Å². The van der Waals surface area contributed by atoms with Crippen LogP contribution in [0.5, 0.6) is 5.88 Å². The molecule has 18 heavy (non-hydrogen) atoms. The summed E-state index contributed by atoms with van der Waals surface area (Å²) in [7, 11) is 0. The first kappa shape index (κ1) is 12.6. The van der Waals surface area contributed by atoms with Gasteiger partial charge in [0.1, 0.15) is 22.9 Å². The van der Waals surface area contributed by atoms with Gasteiger partial charge in [-0.25, -0.2) is 9.97 Å². The third kappa shape index (κ3) is 2.89. The van der Waals surface area contributed by atoms with E-state index in [0.29, 0.717) is 28.4 Å². The van der Waals surface area contributed by atoms with Crippen molar-refractivity contribution in [2.45, 2.75) is 30.5 Å². The molecule has 7 nitrogen and oxygen atoms in total. The van der Waals surface area contributed by atoms with Crippen LogP contribution in [0.4, 0.5) is 5.69 Å². The number of ether oxygens (including phenoxy) is 1. The van der Waals surface area contributed by atoms with Crippen LogP contribution in [0.2, 0.25) is 0 Å². The van der Waals surface area contributed by atoms with Gasteiger partial charge in [0.15, 0.2) is 0 Å². The number of H-pyrrole nitrogens is 1. The van der Waals surface area contributed by atoms with E-state index in [1.807, 2.05) is 13.8 Å². The molecule has 0 fully saturated rings. The van der Waals surface area contributed by atoms with Gasteiger partial charge in [0.2, 0.25) is 11.0 Å². The Hall–Kier alpha value is -1.83. The topological polar surface area (TPSA) is 103 Å². The molecule has 0 unspecified atom stereocenters.